The van der Waals surface area contributed by atoms with Crippen LogP contribution in [0.3, 0.4) is 0 Å². The van der Waals surface area contributed by atoms with E-state index in [2.05, 4.69) is 37.1 Å². The minimum atomic E-state index is -0.541. The van der Waals surface area contributed by atoms with Gasteiger partial charge in [0.05, 0.1) is 6.61 Å². The predicted octanol–water partition coefficient (Wildman–Crippen LogP) is 3.45. The molecule has 27 heavy (non-hydrogen) atoms. The maximum absolute atomic E-state index is 10.8. The molecule has 1 N–H and O–H groups in total. The Balaban J connectivity index is 1.52. The minimum absolute atomic E-state index is 0.0875. The molecule has 4 nitrogen and oxygen atoms in total. The Morgan fingerprint density at radius 2 is 2.15 bits per heavy atom. The van der Waals surface area contributed by atoms with Gasteiger partial charge >= 0.3 is 0 Å². The van der Waals surface area contributed by atoms with E-state index in [-0.39, 0.29) is 11.5 Å². The molecular weight excluding hydrogens is 338 g/mol. The van der Waals surface area contributed by atoms with Crippen LogP contribution in [-0.2, 0) is 11.8 Å². The van der Waals surface area contributed by atoms with Gasteiger partial charge in [-0.3, -0.25) is 0 Å². The first-order valence-corrected chi connectivity index (χ1v) is 10.7. The number of rotatable bonds is 6. The molecule has 0 amide bonds. The zero-order valence-electron chi connectivity index (χ0n) is 16.5. The molecule has 0 radical (unpaired) electrons. The van der Waals surface area contributed by atoms with Crippen molar-refractivity contribution >= 4 is 0 Å². The highest BCUT2D eigenvalue weighted by Crippen LogP contribution is 2.62. The number of nitrogens with zero attached hydrogens (tertiary/aromatic N) is 1. The number of benzene rings is 1. The molecule has 1 saturated heterocycles. The fraction of sp³-hybridized carbons (Fsp3) is 0.652. The van der Waals surface area contributed by atoms with E-state index in [0.29, 0.717) is 12.0 Å². The Kier molecular flexibility index (Phi) is 4.25. The van der Waals surface area contributed by atoms with Gasteiger partial charge < -0.3 is 19.5 Å². The molecule has 1 fully saturated rings. The quantitative estimate of drug-likeness (QED) is 0.616. The van der Waals surface area contributed by atoms with E-state index >= 15 is 0 Å². The van der Waals surface area contributed by atoms with Crippen molar-refractivity contribution in [1.29, 1.82) is 0 Å². The lowest BCUT2D eigenvalue weighted by atomic mass is 9.53. The number of hydrogen-bond donors (Lipinski definition) is 1. The van der Waals surface area contributed by atoms with Crippen LogP contribution in [0.15, 0.2) is 24.3 Å². The van der Waals surface area contributed by atoms with Gasteiger partial charge in [0.1, 0.15) is 12.2 Å². The maximum atomic E-state index is 10.8. The van der Waals surface area contributed by atoms with E-state index in [1.54, 1.807) is 0 Å². The second-order valence-corrected chi connectivity index (χ2v) is 8.82. The zero-order chi connectivity index (χ0) is 18.6. The number of aliphatic hydroxyl groups excluding tert-OH is 1. The summed E-state index contributed by atoms with van der Waals surface area (Å²) in [6, 6.07) is 4.84. The van der Waals surface area contributed by atoms with Gasteiger partial charge in [-0.05, 0) is 44.5 Å². The van der Waals surface area contributed by atoms with Gasteiger partial charge in [-0.2, -0.15) is 0 Å². The molecule has 5 rings (SSSR count). The Bertz CT molecular complexity index is 760. The highest BCUT2D eigenvalue weighted by molar-refractivity contribution is 5.62. The van der Waals surface area contributed by atoms with Gasteiger partial charge in [-0.1, -0.05) is 44.4 Å². The number of likely N-dealkylation sites (N-methyl/N-ethyl adjacent to an activating group) is 1. The molecule has 5 atom stereocenters. The molecule has 1 aromatic rings. The molecule has 0 aromatic heterocycles. The highest BCUT2D eigenvalue weighted by atomic mass is 16.5. The maximum Gasteiger partial charge on any atom is 0.165 e. The molecule has 4 aliphatic rings. The van der Waals surface area contributed by atoms with Crippen molar-refractivity contribution in [3.63, 3.8) is 0 Å². The summed E-state index contributed by atoms with van der Waals surface area (Å²) in [5.74, 6) is 2.21. The Morgan fingerprint density at radius 1 is 1.26 bits per heavy atom. The molecule has 2 heterocycles. The van der Waals surface area contributed by atoms with Gasteiger partial charge in [0, 0.05) is 22.9 Å². The Morgan fingerprint density at radius 3 is 3.00 bits per heavy atom. The summed E-state index contributed by atoms with van der Waals surface area (Å²) in [6.07, 6.45) is 10.4. The first-order chi connectivity index (χ1) is 13.2. The second-order valence-electron chi connectivity index (χ2n) is 8.82. The Labute approximate surface area is 162 Å². The smallest absolute Gasteiger partial charge is 0.165 e. The summed E-state index contributed by atoms with van der Waals surface area (Å²) < 4.78 is 12.7. The van der Waals surface area contributed by atoms with Crippen molar-refractivity contribution < 1.29 is 14.6 Å². The third-order valence-corrected chi connectivity index (χ3v) is 7.39. The predicted molar refractivity (Wildman–Crippen MR) is 106 cm³/mol. The van der Waals surface area contributed by atoms with Crippen LogP contribution in [-0.4, -0.2) is 48.5 Å². The first-order valence-electron chi connectivity index (χ1n) is 10.7. The molecule has 1 aromatic carbocycles. The number of piperidine rings is 1. The molecule has 2 bridgehead atoms. The van der Waals surface area contributed by atoms with Crippen LogP contribution in [0.1, 0.15) is 50.2 Å². The van der Waals surface area contributed by atoms with Crippen LogP contribution >= 0.6 is 0 Å². The molecule has 0 saturated carbocycles. The standard InChI is InChI=1S/C23H31NO3/c1-3-4-5-6-13-26-19-10-7-15-14-17-16-8-9-18(25)22-23(16,11-12-24(17)2)20(15)21(19)27-22/h7-10,16-18,22,25H,3-6,11-14H2,1-2H3. The summed E-state index contributed by atoms with van der Waals surface area (Å²) in [7, 11) is 2.24. The van der Waals surface area contributed by atoms with Crippen LogP contribution in [0.2, 0.25) is 0 Å². The van der Waals surface area contributed by atoms with E-state index in [1.165, 1.54) is 30.4 Å². The number of unbranched alkanes of at least 4 members (excludes halogenated alkanes) is 3. The summed E-state index contributed by atoms with van der Waals surface area (Å²) in [6.45, 7) is 4.02. The van der Waals surface area contributed by atoms with Gasteiger partial charge in [0.15, 0.2) is 11.5 Å². The van der Waals surface area contributed by atoms with Gasteiger partial charge in [0.2, 0.25) is 0 Å². The fourth-order valence-corrected chi connectivity index (χ4v) is 6.05. The van der Waals surface area contributed by atoms with Crippen LogP contribution in [0.4, 0.5) is 0 Å². The largest absolute Gasteiger partial charge is 0.490 e. The van der Waals surface area contributed by atoms with Crippen molar-refractivity contribution in [2.24, 2.45) is 5.92 Å². The summed E-state index contributed by atoms with van der Waals surface area (Å²) in [5.41, 5.74) is 2.65. The van der Waals surface area contributed by atoms with Gasteiger partial charge in [-0.25, -0.2) is 0 Å². The van der Waals surface area contributed by atoms with Crippen LogP contribution in [0.5, 0.6) is 11.5 Å². The lowest BCUT2D eigenvalue weighted by molar-refractivity contribution is -0.0454. The average molecular weight is 370 g/mol. The number of hydrogen-bond acceptors (Lipinski definition) is 4. The van der Waals surface area contributed by atoms with Crippen molar-refractivity contribution in [3.05, 3.63) is 35.4 Å². The Hall–Kier alpha value is -1.52. The summed E-state index contributed by atoms with van der Waals surface area (Å²) >= 11 is 0. The van der Waals surface area contributed by atoms with E-state index in [4.69, 9.17) is 9.47 Å². The van der Waals surface area contributed by atoms with E-state index < -0.39 is 6.10 Å². The molecular formula is C23H31NO3. The molecule has 146 valence electrons. The lowest BCUT2D eigenvalue weighted by Gasteiger charge is -2.56. The molecule has 1 spiro atoms. The lowest BCUT2D eigenvalue weighted by Crippen LogP contribution is -2.64. The number of likely N-dealkylation sites (tertiary alicyclic amines) is 1. The third kappa shape index (κ3) is 2.42. The third-order valence-electron chi connectivity index (χ3n) is 7.39. The van der Waals surface area contributed by atoms with Crippen molar-refractivity contribution in [2.75, 3.05) is 20.2 Å². The highest BCUT2D eigenvalue weighted by Gasteiger charge is 2.64. The zero-order valence-corrected chi connectivity index (χ0v) is 16.5. The van der Waals surface area contributed by atoms with Crippen molar-refractivity contribution in [2.45, 2.75) is 69.1 Å². The SMILES string of the molecule is CCCCCCOc1ccc2c3c1OC1C(O)C=CC4C(C2)N(C)CCC341. The van der Waals surface area contributed by atoms with Crippen LogP contribution in [0, 0.1) is 5.92 Å². The molecule has 5 unspecified atom stereocenters. The number of ether oxygens (including phenoxy) is 2. The first kappa shape index (κ1) is 17.6. The molecule has 2 aliphatic heterocycles. The van der Waals surface area contributed by atoms with E-state index in [0.717, 1.165) is 43.9 Å². The average Bonchev–Trinajstić information content (AvgIpc) is 3.02. The normalized spacial score (nSPS) is 35.7. The topological polar surface area (TPSA) is 41.9 Å². The van der Waals surface area contributed by atoms with Crippen LogP contribution < -0.4 is 9.47 Å². The fourth-order valence-electron chi connectivity index (χ4n) is 6.05. The summed E-state index contributed by atoms with van der Waals surface area (Å²) in [5, 5.41) is 10.8. The van der Waals surface area contributed by atoms with E-state index in [1.807, 2.05) is 6.08 Å². The van der Waals surface area contributed by atoms with Crippen molar-refractivity contribution in [1.82, 2.24) is 4.90 Å². The molecule has 2 aliphatic carbocycles. The second kappa shape index (κ2) is 6.52. The minimum Gasteiger partial charge on any atom is -0.490 e. The van der Waals surface area contributed by atoms with Crippen LogP contribution in [0.25, 0.3) is 0 Å². The summed E-state index contributed by atoms with van der Waals surface area (Å²) in [4.78, 5) is 2.49. The van der Waals surface area contributed by atoms with Crippen molar-refractivity contribution in [3.8, 4) is 11.5 Å². The van der Waals surface area contributed by atoms with E-state index in [9.17, 15) is 5.11 Å². The number of aliphatic hydroxyl groups is 1. The van der Waals surface area contributed by atoms with Gasteiger partial charge in [-0.15, -0.1) is 0 Å². The molecule has 4 heteroatoms. The monoisotopic (exact) mass is 369 g/mol. The van der Waals surface area contributed by atoms with Gasteiger partial charge in [0.25, 0.3) is 0 Å².